The van der Waals surface area contributed by atoms with E-state index in [1.165, 1.54) is 47.7 Å². The zero-order valence-corrected chi connectivity index (χ0v) is 17.8. The molecule has 2 fully saturated rings. The molecule has 0 amide bonds. The Morgan fingerprint density at radius 2 is 1.73 bits per heavy atom. The van der Waals surface area contributed by atoms with Gasteiger partial charge in [0, 0.05) is 30.5 Å². The first-order valence-corrected chi connectivity index (χ1v) is 11.5. The maximum Gasteiger partial charge on any atom is 0.0691 e. The molecule has 30 heavy (non-hydrogen) atoms. The summed E-state index contributed by atoms with van der Waals surface area (Å²) in [5.41, 5.74) is 2.82. The van der Waals surface area contributed by atoms with E-state index in [0.29, 0.717) is 0 Å². The standard InChI is InChI=1S/C27H32N2O/c1-2-8-24-19-22(10-11-23(24)7-1)20-28-17-14-26(25-9-3-6-16-29-25)15-18-30-27(21-26)12-4-5-13-27/h1-3,6-11,16,19,28H,4-5,12-15,17-18,20-21H2/t26-/m1/s1. The van der Waals surface area contributed by atoms with Crippen molar-refractivity contribution in [3.8, 4) is 0 Å². The molecule has 1 N–H and O–H groups in total. The normalized spacial score (nSPS) is 23.2. The smallest absolute Gasteiger partial charge is 0.0691 e. The second kappa shape index (κ2) is 8.49. The van der Waals surface area contributed by atoms with Crippen molar-refractivity contribution in [1.29, 1.82) is 0 Å². The Hall–Kier alpha value is -2.23. The molecular weight excluding hydrogens is 368 g/mol. The summed E-state index contributed by atoms with van der Waals surface area (Å²) in [4.78, 5) is 4.82. The molecule has 3 heteroatoms. The van der Waals surface area contributed by atoms with Crippen LogP contribution in [0.4, 0.5) is 0 Å². The Labute approximate surface area is 179 Å². The molecule has 1 aliphatic heterocycles. The van der Waals surface area contributed by atoms with Crippen LogP contribution in [0.15, 0.2) is 66.9 Å². The Kier molecular flexibility index (Phi) is 5.58. The summed E-state index contributed by atoms with van der Waals surface area (Å²) in [6.07, 6.45) is 10.3. The lowest BCUT2D eigenvalue weighted by Gasteiger charge is -2.46. The number of benzene rings is 2. The number of fused-ring (bicyclic) bond motifs is 1. The Balaban J connectivity index is 1.28. The fraction of sp³-hybridized carbons (Fsp3) is 0.444. The first kappa shape index (κ1) is 19.7. The number of hydrogen-bond acceptors (Lipinski definition) is 3. The molecule has 0 radical (unpaired) electrons. The summed E-state index contributed by atoms with van der Waals surface area (Å²) in [6.45, 7) is 2.77. The summed E-state index contributed by atoms with van der Waals surface area (Å²) >= 11 is 0. The number of nitrogens with zero attached hydrogens (tertiary/aromatic N) is 1. The van der Waals surface area contributed by atoms with Crippen LogP contribution in [-0.2, 0) is 16.7 Å². The Morgan fingerprint density at radius 1 is 0.900 bits per heavy atom. The fourth-order valence-electron chi connectivity index (χ4n) is 5.71. The van der Waals surface area contributed by atoms with Gasteiger partial charge in [0.1, 0.15) is 0 Å². The third kappa shape index (κ3) is 4.01. The predicted molar refractivity (Wildman–Crippen MR) is 123 cm³/mol. The average molecular weight is 401 g/mol. The van der Waals surface area contributed by atoms with Gasteiger partial charge in [-0.3, -0.25) is 4.98 Å². The van der Waals surface area contributed by atoms with Gasteiger partial charge in [0.05, 0.1) is 5.60 Å². The van der Waals surface area contributed by atoms with Gasteiger partial charge in [0.2, 0.25) is 0 Å². The summed E-state index contributed by atoms with van der Waals surface area (Å²) in [5, 5.41) is 6.34. The van der Waals surface area contributed by atoms with E-state index in [9.17, 15) is 0 Å². The molecule has 0 bridgehead atoms. The molecule has 1 aromatic heterocycles. The monoisotopic (exact) mass is 400 g/mol. The summed E-state index contributed by atoms with van der Waals surface area (Å²) in [6, 6.07) is 21.8. The highest BCUT2D eigenvalue weighted by atomic mass is 16.5. The first-order chi connectivity index (χ1) is 14.8. The van der Waals surface area contributed by atoms with E-state index in [1.807, 2.05) is 12.3 Å². The van der Waals surface area contributed by atoms with Crippen LogP contribution in [0.3, 0.4) is 0 Å². The molecule has 5 rings (SSSR count). The largest absolute Gasteiger partial charge is 0.375 e. The van der Waals surface area contributed by atoms with E-state index in [2.05, 4.69) is 59.9 Å². The molecule has 3 aromatic rings. The average Bonchev–Trinajstić information content (AvgIpc) is 3.24. The van der Waals surface area contributed by atoms with Crippen molar-refractivity contribution in [3.05, 3.63) is 78.1 Å². The van der Waals surface area contributed by atoms with E-state index in [1.54, 1.807) is 0 Å². The van der Waals surface area contributed by atoms with Gasteiger partial charge in [0.15, 0.2) is 0 Å². The van der Waals surface area contributed by atoms with Crippen molar-refractivity contribution in [1.82, 2.24) is 10.3 Å². The number of nitrogens with one attached hydrogen (secondary N) is 1. The lowest BCUT2D eigenvalue weighted by molar-refractivity contribution is -0.104. The third-order valence-electron chi connectivity index (χ3n) is 7.30. The van der Waals surface area contributed by atoms with Crippen molar-refractivity contribution in [2.24, 2.45) is 0 Å². The molecule has 1 spiro atoms. The van der Waals surface area contributed by atoms with Crippen LogP contribution in [0.5, 0.6) is 0 Å². The van der Waals surface area contributed by atoms with E-state index < -0.39 is 0 Å². The molecule has 156 valence electrons. The van der Waals surface area contributed by atoms with E-state index in [0.717, 1.165) is 39.0 Å². The van der Waals surface area contributed by atoms with Crippen LogP contribution in [0.25, 0.3) is 10.8 Å². The molecule has 1 saturated heterocycles. The van der Waals surface area contributed by atoms with Gasteiger partial charge >= 0.3 is 0 Å². The summed E-state index contributed by atoms with van der Waals surface area (Å²) in [5.74, 6) is 0. The SMILES string of the molecule is c1ccc([C@]2(CCNCc3ccc4ccccc4c3)CCOC3(CCCC3)C2)nc1. The Morgan fingerprint density at radius 3 is 2.57 bits per heavy atom. The first-order valence-electron chi connectivity index (χ1n) is 11.5. The second-order valence-corrected chi connectivity index (χ2v) is 9.27. The van der Waals surface area contributed by atoms with Gasteiger partial charge in [0.25, 0.3) is 0 Å². The summed E-state index contributed by atoms with van der Waals surface area (Å²) < 4.78 is 6.37. The van der Waals surface area contributed by atoms with Crippen LogP contribution < -0.4 is 5.32 Å². The molecule has 1 aliphatic carbocycles. The molecule has 1 atom stereocenters. The number of ether oxygens (including phenoxy) is 1. The molecule has 2 aromatic carbocycles. The zero-order chi connectivity index (χ0) is 20.3. The predicted octanol–water partition coefficient (Wildman–Crippen LogP) is 5.78. The number of aromatic nitrogens is 1. The molecule has 0 unspecified atom stereocenters. The van der Waals surface area contributed by atoms with Crippen molar-refractivity contribution in [2.45, 2.75) is 62.5 Å². The van der Waals surface area contributed by atoms with Gasteiger partial charge in [-0.05, 0) is 73.2 Å². The molecule has 3 nitrogen and oxygen atoms in total. The highest BCUT2D eigenvalue weighted by Crippen LogP contribution is 2.49. The second-order valence-electron chi connectivity index (χ2n) is 9.27. The minimum absolute atomic E-state index is 0.0914. The lowest BCUT2D eigenvalue weighted by atomic mass is 9.68. The van der Waals surface area contributed by atoms with Gasteiger partial charge in [-0.1, -0.05) is 55.3 Å². The van der Waals surface area contributed by atoms with Crippen molar-refractivity contribution in [2.75, 3.05) is 13.2 Å². The van der Waals surface area contributed by atoms with Gasteiger partial charge in [-0.25, -0.2) is 0 Å². The van der Waals surface area contributed by atoms with Crippen LogP contribution in [-0.4, -0.2) is 23.7 Å². The van der Waals surface area contributed by atoms with Crippen LogP contribution in [0.2, 0.25) is 0 Å². The van der Waals surface area contributed by atoms with Crippen LogP contribution in [0.1, 0.15) is 56.2 Å². The van der Waals surface area contributed by atoms with Crippen molar-refractivity contribution < 1.29 is 4.74 Å². The molecule has 2 heterocycles. The van der Waals surface area contributed by atoms with Crippen molar-refractivity contribution in [3.63, 3.8) is 0 Å². The highest BCUT2D eigenvalue weighted by molar-refractivity contribution is 5.82. The van der Waals surface area contributed by atoms with Crippen molar-refractivity contribution >= 4 is 10.8 Å². The molecule has 1 saturated carbocycles. The molecular formula is C27H32N2O. The fourth-order valence-corrected chi connectivity index (χ4v) is 5.71. The van der Waals surface area contributed by atoms with Gasteiger partial charge < -0.3 is 10.1 Å². The van der Waals surface area contributed by atoms with E-state index >= 15 is 0 Å². The lowest BCUT2D eigenvalue weighted by Crippen LogP contribution is -2.47. The topological polar surface area (TPSA) is 34.1 Å². The minimum Gasteiger partial charge on any atom is -0.375 e. The van der Waals surface area contributed by atoms with Crippen LogP contribution in [0, 0.1) is 0 Å². The van der Waals surface area contributed by atoms with E-state index in [-0.39, 0.29) is 11.0 Å². The Bertz CT molecular complexity index is 980. The van der Waals surface area contributed by atoms with Gasteiger partial charge in [-0.15, -0.1) is 0 Å². The minimum atomic E-state index is 0.0914. The maximum absolute atomic E-state index is 6.37. The highest BCUT2D eigenvalue weighted by Gasteiger charge is 2.48. The number of hydrogen-bond donors (Lipinski definition) is 1. The van der Waals surface area contributed by atoms with Crippen LogP contribution >= 0.6 is 0 Å². The summed E-state index contributed by atoms with van der Waals surface area (Å²) in [7, 11) is 0. The van der Waals surface area contributed by atoms with Gasteiger partial charge in [-0.2, -0.15) is 0 Å². The third-order valence-corrected chi connectivity index (χ3v) is 7.30. The molecule has 2 aliphatic rings. The maximum atomic E-state index is 6.37. The number of pyridine rings is 1. The zero-order valence-electron chi connectivity index (χ0n) is 17.8. The quantitative estimate of drug-likeness (QED) is 0.533. The number of rotatable bonds is 6. The van der Waals surface area contributed by atoms with E-state index in [4.69, 9.17) is 9.72 Å².